The van der Waals surface area contributed by atoms with E-state index in [0.29, 0.717) is 5.56 Å². The summed E-state index contributed by atoms with van der Waals surface area (Å²) in [6.07, 6.45) is -4.81. The molecule has 0 saturated carbocycles. The van der Waals surface area contributed by atoms with Crippen LogP contribution in [0.5, 0.6) is 5.75 Å². The van der Waals surface area contributed by atoms with E-state index in [0.717, 1.165) is 12.1 Å². The lowest BCUT2D eigenvalue weighted by molar-refractivity contribution is -0.274. The van der Waals surface area contributed by atoms with E-state index in [1.165, 1.54) is 67.6 Å². The first-order valence-electron chi connectivity index (χ1n) is 9.34. The second-order valence-corrected chi connectivity index (χ2v) is 8.47. The molecule has 2 N–H and O–H groups in total. The summed E-state index contributed by atoms with van der Waals surface area (Å²) < 4.78 is 67.7. The van der Waals surface area contributed by atoms with Gasteiger partial charge in [-0.25, -0.2) is 8.42 Å². The highest BCUT2D eigenvalue weighted by atomic mass is 32.2. The number of ether oxygens (including phenoxy) is 1. The third kappa shape index (κ3) is 6.56. The molecule has 172 valence electrons. The zero-order valence-electron chi connectivity index (χ0n) is 17.0. The number of hydrogen-bond acceptors (Lipinski definition) is 5. The van der Waals surface area contributed by atoms with Crippen molar-refractivity contribution in [3.8, 4) is 5.75 Å². The standard InChI is InChI=1S/C22H17F3N2O5S/c1-14(28)15-4-12-20(13-5-15)33(30,31)27-18-6-2-16(3-7-18)21(29)26-17-8-10-19(11-9-17)32-22(23,24)25/h2-13,27H,1H3,(H,26,29). The molecule has 0 spiro atoms. The summed E-state index contributed by atoms with van der Waals surface area (Å²) in [4.78, 5) is 23.6. The first-order valence-corrected chi connectivity index (χ1v) is 10.8. The molecule has 0 aliphatic carbocycles. The molecule has 0 fully saturated rings. The SMILES string of the molecule is CC(=O)c1ccc(S(=O)(=O)Nc2ccc(C(=O)Nc3ccc(OC(F)(F)F)cc3)cc2)cc1. The molecule has 0 heterocycles. The smallest absolute Gasteiger partial charge is 0.406 e. The lowest BCUT2D eigenvalue weighted by atomic mass is 10.2. The summed E-state index contributed by atoms with van der Waals surface area (Å²) >= 11 is 0. The Labute approximate surface area is 187 Å². The average Bonchev–Trinajstić information content (AvgIpc) is 2.74. The maximum absolute atomic E-state index is 12.5. The highest BCUT2D eigenvalue weighted by Gasteiger charge is 2.31. The van der Waals surface area contributed by atoms with Gasteiger partial charge in [0.2, 0.25) is 0 Å². The second-order valence-electron chi connectivity index (χ2n) is 6.79. The van der Waals surface area contributed by atoms with Crippen molar-refractivity contribution >= 4 is 33.1 Å². The number of halogens is 3. The molecule has 11 heteroatoms. The Kier molecular flexibility index (Phi) is 6.73. The minimum atomic E-state index is -4.81. The average molecular weight is 478 g/mol. The molecule has 3 aromatic carbocycles. The van der Waals surface area contributed by atoms with Crippen molar-refractivity contribution in [1.29, 1.82) is 0 Å². The van der Waals surface area contributed by atoms with E-state index in [4.69, 9.17) is 0 Å². The van der Waals surface area contributed by atoms with Gasteiger partial charge in [0.05, 0.1) is 4.90 Å². The number of Topliss-reactive ketones (excluding diaryl/α,β-unsaturated/α-hetero) is 1. The number of nitrogens with one attached hydrogen (secondary N) is 2. The first kappa shape index (κ1) is 23.8. The van der Waals surface area contributed by atoms with Crippen molar-refractivity contribution in [3.05, 3.63) is 83.9 Å². The molecular weight excluding hydrogens is 461 g/mol. The maximum atomic E-state index is 12.5. The minimum Gasteiger partial charge on any atom is -0.406 e. The fraction of sp³-hybridized carbons (Fsp3) is 0.0909. The molecule has 0 saturated heterocycles. The summed E-state index contributed by atoms with van der Waals surface area (Å²) in [5, 5.41) is 2.51. The molecule has 0 aliphatic heterocycles. The van der Waals surface area contributed by atoms with Crippen LogP contribution in [0.4, 0.5) is 24.5 Å². The van der Waals surface area contributed by atoms with Gasteiger partial charge >= 0.3 is 6.36 Å². The van der Waals surface area contributed by atoms with Crippen LogP contribution in [-0.4, -0.2) is 26.5 Å². The Morgan fingerprint density at radius 2 is 1.30 bits per heavy atom. The van der Waals surface area contributed by atoms with Crippen molar-refractivity contribution in [3.63, 3.8) is 0 Å². The van der Waals surface area contributed by atoms with Crippen LogP contribution in [0.2, 0.25) is 0 Å². The molecule has 1 amide bonds. The topological polar surface area (TPSA) is 102 Å². The molecule has 0 unspecified atom stereocenters. The van der Waals surface area contributed by atoms with Gasteiger partial charge in [0.15, 0.2) is 5.78 Å². The van der Waals surface area contributed by atoms with E-state index in [9.17, 15) is 31.2 Å². The van der Waals surface area contributed by atoms with E-state index in [2.05, 4.69) is 14.8 Å². The Hall–Kier alpha value is -3.86. The molecular formula is C22H17F3N2O5S. The van der Waals surface area contributed by atoms with Gasteiger partial charge in [-0.05, 0) is 67.6 Å². The van der Waals surface area contributed by atoms with Gasteiger partial charge in [-0.3, -0.25) is 14.3 Å². The van der Waals surface area contributed by atoms with Crippen LogP contribution in [0.25, 0.3) is 0 Å². The number of anilines is 2. The Bertz CT molecular complexity index is 1260. The van der Waals surface area contributed by atoms with Crippen molar-refractivity contribution < 1.29 is 35.9 Å². The second kappa shape index (κ2) is 9.33. The van der Waals surface area contributed by atoms with Crippen LogP contribution in [0.15, 0.2) is 77.7 Å². The molecule has 7 nitrogen and oxygen atoms in total. The van der Waals surface area contributed by atoms with Gasteiger partial charge in [0.1, 0.15) is 5.75 Å². The van der Waals surface area contributed by atoms with Crippen LogP contribution < -0.4 is 14.8 Å². The number of amides is 1. The number of hydrogen-bond donors (Lipinski definition) is 2. The Balaban J connectivity index is 1.64. The molecule has 3 rings (SSSR count). The first-order chi connectivity index (χ1) is 15.4. The van der Waals surface area contributed by atoms with Crippen LogP contribution in [-0.2, 0) is 10.0 Å². The van der Waals surface area contributed by atoms with Crippen LogP contribution in [0, 0.1) is 0 Å². The van der Waals surface area contributed by atoms with Crippen molar-refractivity contribution in [1.82, 2.24) is 0 Å². The highest BCUT2D eigenvalue weighted by Crippen LogP contribution is 2.24. The maximum Gasteiger partial charge on any atom is 0.573 e. The lowest BCUT2D eigenvalue weighted by Crippen LogP contribution is -2.17. The third-order valence-corrected chi connectivity index (χ3v) is 5.71. The number of benzene rings is 3. The predicted octanol–water partition coefficient (Wildman–Crippen LogP) is 4.84. The van der Waals surface area contributed by atoms with E-state index in [1.807, 2.05) is 0 Å². The van der Waals surface area contributed by atoms with Gasteiger partial charge in [0, 0.05) is 22.5 Å². The summed E-state index contributed by atoms with van der Waals surface area (Å²) in [6, 6.07) is 15.6. The van der Waals surface area contributed by atoms with Gasteiger partial charge < -0.3 is 10.1 Å². The van der Waals surface area contributed by atoms with Gasteiger partial charge in [0.25, 0.3) is 15.9 Å². The quantitative estimate of drug-likeness (QED) is 0.473. The Morgan fingerprint density at radius 1 is 0.788 bits per heavy atom. The number of rotatable bonds is 7. The van der Waals surface area contributed by atoms with E-state index in [1.54, 1.807) is 0 Å². The van der Waals surface area contributed by atoms with Crippen LogP contribution in [0.1, 0.15) is 27.6 Å². The zero-order valence-corrected chi connectivity index (χ0v) is 17.8. The van der Waals surface area contributed by atoms with Crippen molar-refractivity contribution in [2.45, 2.75) is 18.2 Å². The summed E-state index contributed by atoms with van der Waals surface area (Å²) in [5.74, 6) is -1.16. The third-order valence-electron chi connectivity index (χ3n) is 4.32. The van der Waals surface area contributed by atoms with Crippen LogP contribution in [0.3, 0.4) is 0 Å². The van der Waals surface area contributed by atoms with E-state index in [-0.39, 0.29) is 27.6 Å². The van der Waals surface area contributed by atoms with Gasteiger partial charge in [-0.2, -0.15) is 0 Å². The highest BCUT2D eigenvalue weighted by molar-refractivity contribution is 7.92. The number of alkyl halides is 3. The van der Waals surface area contributed by atoms with Crippen molar-refractivity contribution in [2.75, 3.05) is 10.0 Å². The molecule has 0 bridgehead atoms. The minimum absolute atomic E-state index is 0.0349. The predicted molar refractivity (Wildman–Crippen MR) is 115 cm³/mol. The fourth-order valence-corrected chi connectivity index (χ4v) is 3.77. The summed E-state index contributed by atoms with van der Waals surface area (Å²) in [5.41, 5.74) is 1.02. The van der Waals surface area contributed by atoms with Crippen molar-refractivity contribution in [2.24, 2.45) is 0 Å². The Morgan fingerprint density at radius 3 is 1.82 bits per heavy atom. The molecule has 0 atom stereocenters. The van der Waals surface area contributed by atoms with E-state index < -0.39 is 28.0 Å². The zero-order chi connectivity index (χ0) is 24.2. The lowest BCUT2D eigenvalue weighted by Gasteiger charge is -2.11. The molecule has 33 heavy (non-hydrogen) atoms. The van der Waals surface area contributed by atoms with Gasteiger partial charge in [-0.15, -0.1) is 13.2 Å². The molecule has 3 aromatic rings. The number of sulfonamides is 1. The number of carbonyl (C=O) groups excluding carboxylic acids is 2. The fourth-order valence-electron chi connectivity index (χ4n) is 2.72. The molecule has 0 aliphatic rings. The summed E-state index contributed by atoms with van der Waals surface area (Å²) in [6.45, 7) is 1.37. The largest absolute Gasteiger partial charge is 0.573 e. The number of ketones is 1. The summed E-state index contributed by atoms with van der Waals surface area (Å²) in [7, 11) is -3.91. The van der Waals surface area contributed by atoms with E-state index >= 15 is 0 Å². The monoisotopic (exact) mass is 478 g/mol. The number of carbonyl (C=O) groups is 2. The molecule has 0 radical (unpaired) electrons. The van der Waals surface area contributed by atoms with Gasteiger partial charge in [-0.1, -0.05) is 12.1 Å². The molecule has 0 aromatic heterocycles. The normalized spacial score (nSPS) is 11.5. The van der Waals surface area contributed by atoms with Crippen LogP contribution >= 0.6 is 0 Å².